The van der Waals surface area contributed by atoms with Crippen molar-refractivity contribution < 1.29 is 27.1 Å². The molecule has 0 aliphatic heterocycles. The number of rotatable bonds is 5. The average Bonchev–Trinajstić information content (AvgIpc) is 2.13. The predicted molar refractivity (Wildman–Crippen MR) is 60.6 cm³/mol. The molecule has 18 heavy (non-hydrogen) atoms. The fourth-order valence-corrected chi connectivity index (χ4v) is 3.16. The van der Waals surface area contributed by atoms with Gasteiger partial charge in [0, 0.05) is 6.07 Å². The number of aliphatic carboxylic acids is 1. The molecule has 1 unspecified atom stereocenters. The average molecular weight is 278 g/mol. The largest absolute Gasteiger partial charge is 0.481 e. The van der Waals surface area contributed by atoms with Gasteiger partial charge in [0.2, 0.25) is 0 Å². The zero-order valence-corrected chi connectivity index (χ0v) is 10.4. The molecule has 4 nitrogen and oxygen atoms in total. The molecule has 1 atom stereocenters. The zero-order chi connectivity index (χ0) is 13.9. The van der Waals surface area contributed by atoms with E-state index in [1.807, 2.05) is 0 Å². The number of halogens is 2. The topological polar surface area (TPSA) is 71.4 Å². The van der Waals surface area contributed by atoms with Crippen molar-refractivity contribution >= 4 is 15.8 Å². The van der Waals surface area contributed by atoms with E-state index in [0.717, 1.165) is 12.1 Å². The van der Waals surface area contributed by atoms with Crippen LogP contribution in [0.1, 0.15) is 12.5 Å². The Labute approximate surface area is 103 Å². The molecule has 0 bridgehead atoms. The van der Waals surface area contributed by atoms with E-state index in [1.165, 1.54) is 6.92 Å². The molecular weight excluding hydrogens is 266 g/mol. The van der Waals surface area contributed by atoms with Gasteiger partial charge in [0.25, 0.3) is 0 Å². The van der Waals surface area contributed by atoms with E-state index >= 15 is 0 Å². The predicted octanol–water partition coefficient (Wildman–Crippen LogP) is 1.60. The Morgan fingerprint density at radius 1 is 1.28 bits per heavy atom. The normalized spacial score (nSPS) is 13.3. The molecule has 100 valence electrons. The first-order valence-electron chi connectivity index (χ1n) is 5.08. The summed E-state index contributed by atoms with van der Waals surface area (Å²) in [4.78, 5) is 10.6. The molecule has 0 radical (unpaired) electrons. The Kier molecular flexibility index (Phi) is 4.39. The molecule has 0 saturated heterocycles. The van der Waals surface area contributed by atoms with E-state index in [9.17, 15) is 22.0 Å². The highest BCUT2D eigenvalue weighted by Gasteiger charge is 2.21. The minimum Gasteiger partial charge on any atom is -0.481 e. The number of sulfone groups is 1. The molecule has 0 heterocycles. The van der Waals surface area contributed by atoms with E-state index in [2.05, 4.69) is 0 Å². The minimum absolute atomic E-state index is 0.0370. The first-order chi connectivity index (χ1) is 8.19. The van der Waals surface area contributed by atoms with E-state index in [0.29, 0.717) is 6.07 Å². The van der Waals surface area contributed by atoms with Crippen molar-refractivity contribution in [1.29, 1.82) is 0 Å². The monoisotopic (exact) mass is 278 g/mol. The summed E-state index contributed by atoms with van der Waals surface area (Å²) in [6.07, 6.45) is 0. The van der Waals surface area contributed by atoms with Crippen LogP contribution in [-0.2, 0) is 20.4 Å². The van der Waals surface area contributed by atoms with Crippen LogP contribution in [0.25, 0.3) is 0 Å². The van der Waals surface area contributed by atoms with Crippen LogP contribution in [0, 0.1) is 17.6 Å². The maximum absolute atomic E-state index is 12.9. The third-order valence-corrected chi connectivity index (χ3v) is 4.02. The van der Waals surface area contributed by atoms with Crippen molar-refractivity contribution in [2.45, 2.75) is 12.7 Å². The lowest BCUT2D eigenvalue weighted by atomic mass is 10.2. The second kappa shape index (κ2) is 5.43. The Hall–Kier alpha value is -1.50. The number of hydrogen-bond acceptors (Lipinski definition) is 3. The third-order valence-electron chi connectivity index (χ3n) is 2.23. The molecule has 0 amide bonds. The van der Waals surface area contributed by atoms with Gasteiger partial charge < -0.3 is 5.11 Å². The highest BCUT2D eigenvalue weighted by molar-refractivity contribution is 7.90. The van der Waals surface area contributed by atoms with Gasteiger partial charge in [-0.2, -0.15) is 0 Å². The molecule has 0 fully saturated rings. The number of hydrogen-bond donors (Lipinski definition) is 1. The van der Waals surface area contributed by atoms with Crippen molar-refractivity contribution in [1.82, 2.24) is 0 Å². The summed E-state index contributed by atoms with van der Waals surface area (Å²) in [6.45, 7) is 1.26. The molecule has 1 aromatic carbocycles. The van der Waals surface area contributed by atoms with Crippen LogP contribution in [0.15, 0.2) is 18.2 Å². The fraction of sp³-hybridized carbons (Fsp3) is 0.364. The molecule has 0 aliphatic carbocycles. The van der Waals surface area contributed by atoms with Crippen molar-refractivity contribution in [2.24, 2.45) is 5.92 Å². The highest BCUT2D eigenvalue weighted by atomic mass is 32.2. The van der Waals surface area contributed by atoms with Crippen molar-refractivity contribution in [3.05, 3.63) is 35.4 Å². The Morgan fingerprint density at radius 3 is 2.22 bits per heavy atom. The van der Waals surface area contributed by atoms with Crippen LogP contribution in [-0.4, -0.2) is 25.2 Å². The Morgan fingerprint density at radius 2 is 1.78 bits per heavy atom. The van der Waals surface area contributed by atoms with Crippen molar-refractivity contribution in [3.63, 3.8) is 0 Å². The number of carbonyl (C=O) groups is 1. The molecular formula is C11H12F2O4S. The van der Waals surface area contributed by atoms with Gasteiger partial charge in [0.15, 0.2) is 9.84 Å². The number of carboxylic acids is 1. The second-order valence-corrected chi connectivity index (χ2v) is 6.18. The van der Waals surface area contributed by atoms with Gasteiger partial charge in [0.05, 0.1) is 17.4 Å². The number of benzene rings is 1. The van der Waals surface area contributed by atoms with E-state index in [1.54, 1.807) is 0 Å². The molecule has 0 aliphatic rings. The van der Waals surface area contributed by atoms with Gasteiger partial charge in [0.1, 0.15) is 11.6 Å². The molecule has 1 N–H and O–H groups in total. The zero-order valence-electron chi connectivity index (χ0n) is 9.56. The maximum atomic E-state index is 12.9. The lowest BCUT2D eigenvalue weighted by molar-refractivity contribution is -0.140. The van der Waals surface area contributed by atoms with Gasteiger partial charge in [-0.25, -0.2) is 17.2 Å². The summed E-state index contributed by atoms with van der Waals surface area (Å²) < 4.78 is 49.0. The summed E-state index contributed by atoms with van der Waals surface area (Å²) in [5.41, 5.74) is -0.0370. The lowest BCUT2D eigenvalue weighted by Gasteiger charge is -2.08. The smallest absolute Gasteiger partial charge is 0.307 e. The molecule has 1 rings (SSSR count). The van der Waals surface area contributed by atoms with Crippen LogP contribution in [0.3, 0.4) is 0 Å². The van der Waals surface area contributed by atoms with E-state index in [-0.39, 0.29) is 5.56 Å². The van der Waals surface area contributed by atoms with Crippen LogP contribution in [0.5, 0.6) is 0 Å². The van der Waals surface area contributed by atoms with Gasteiger partial charge in [-0.3, -0.25) is 4.79 Å². The first kappa shape index (κ1) is 14.6. The van der Waals surface area contributed by atoms with Gasteiger partial charge in [-0.05, 0) is 17.7 Å². The number of carboxylic acid groups (broad SMARTS) is 1. The van der Waals surface area contributed by atoms with Crippen molar-refractivity contribution in [3.8, 4) is 0 Å². The second-order valence-electron chi connectivity index (χ2n) is 4.07. The van der Waals surface area contributed by atoms with Gasteiger partial charge in [-0.1, -0.05) is 6.92 Å². The summed E-state index contributed by atoms with van der Waals surface area (Å²) >= 11 is 0. The van der Waals surface area contributed by atoms with E-state index in [4.69, 9.17) is 5.11 Å². The summed E-state index contributed by atoms with van der Waals surface area (Å²) in [7, 11) is -3.73. The SMILES string of the molecule is CC(CS(=O)(=O)Cc1cc(F)cc(F)c1)C(=O)O. The van der Waals surface area contributed by atoms with E-state index < -0.39 is 44.9 Å². The molecule has 0 spiro atoms. The molecule has 0 aromatic heterocycles. The van der Waals surface area contributed by atoms with Crippen LogP contribution < -0.4 is 0 Å². The summed E-state index contributed by atoms with van der Waals surface area (Å²) in [5, 5.41) is 8.62. The third kappa shape index (κ3) is 4.40. The highest BCUT2D eigenvalue weighted by Crippen LogP contribution is 2.13. The Balaban J connectivity index is 2.85. The minimum atomic E-state index is -3.73. The quantitative estimate of drug-likeness (QED) is 0.888. The van der Waals surface area contributed by atoms with Gasteiger partial charge in [-0.15, -0.1) is 0 Å². The maximum Gasteiger partial charge on any atom is 0.307 e. The van der Waals surface area contributed by atoms with Crippen LogP contribution >= 0.6 is 0 Å². The summed E-state index contributed by atoms with van der Waals surface area (Å²) in [5.74, 6) is -5.19. The van der Waals surface area contributed by atoms with Crippen LogP contribution in [0.4, 0.5) is 8.78 Å². The Bertz CT molecular complexity index is 534. The van der Waals surface area contributed by atoms with Crippen molar-refractivity contribution in [2.75, 3.05) is 5.75 Å². The van der Waals surface area contributed by atoms with Crippen LogP contribution in [0.2, 0.25) is 0 Å². The standard InChI is InChI=1S/C11H12F2O4S/c1-7(11(14)15)5-18(16,17)6-8-2-9(12)4-10(13)3-8/h2-4,7H,5-6H2,1H3,(H,14,15). The lowest BCUT2D eigenvalue weighted by Crippen LogP contribution is -2.22. The molecule has 1 aromatic rings. The molecule has 0 saturated carbocycles. The fourth-order valence-electron chi connectivity index (χ4n) is 1.46. The molecule has 7 heteroatoms. The van der Waals surface area contributed by atoms with Gasteiger partial charge >= 0.3 is 5.97 Å². The first-order valence-corrected chi connectivity index (χ1v) is 6.90. The summed E-state index contributed by atoms with van der Waals surface area (Å²) in [6, 6.07) is 2.45.